The summed E-state index contributed by atoms with van der Waals surface area (Å²) >= 11 is 0. The number of hydrogen-bond donors (Lipinski definition) is 3. The van der Waals surface area contributed by atoms with Gasteiger partial charge in [-0.3, -0.25) is 0 Å². The highest BCUT2D eigenvalue weighted by Gasteiger charge is 2.11. The van der Waals surface area contributed by atoms with Gasteiger partial charge in [-0.05, 0) is 17.5 Å². The van der Waals surface area contributed by atoms with E-state index in [-0.39, 0.29) is 0 Å². The number of nitrogens with one attached hydrogen (secondary N) is 1. The summed E-state index contributed by atoms with van der Waals surface area (Å²) in [6.45, 7) is 7.48. The first-order valence-electron chi connectivity index (χ1n) is 7.51. The van der Waals surface area contributed by atoms with Gasteiger partial charge in [-0.25, -0.2) is 0 Å². The fourth-order valence-electron chi connectivity index (χ4n) is 2.04. The van der Waals surface area contributed by atoms with E-state index in [1.54, 1.807) is 0 Å². The van der Waals surface area contributed by atoms with Crippen molar-refractivity contribution in [1.82, 2.24) is 0 Å². The van der Waals surface area contributed by atoms with Gasteiger partial charge in [0.25, 0.3) is 0 Å². The van der Waals surface area contributed by atoms with Crippen molar-refractivity contribution >= 4 is 0 Å². The molecular formula is C16H30N2O2+2. The minimum atomic E-state index is -0.424. The molecule has 114 valence electrons. The van der Waals surface area contributed by atoms with E-state index in [2.05, 4.69) is 39.3 Å². The molecule has 1 atom stereocenters. The fourth-order valence-corrected chi connectivity index (χ4v) is 2.04. The molecule has 0 fully saturated rings. The second kappa shape index (κ2) is 8.95. The fraction of sp³-hybridized carbons (Fsp3) is 0.625. The molecule has 1 aromatic carbocycles. The Morgan fingerprint density at radius 2 is 1.95 bits per heavy atom. The van der Waals surface area contributed by atoms with Crippen molar-refractivity contribution in [3.8, 4) is 5.75 Å². The molecule has 0 saturated heterocycles. The smallest absolute Gasteiger partial charge is 0.137 e. The van der Waals surface area contributed by atoms with Gasteiger partial charge in [-0.15, -0.1) is 0 Å². The standard InChI is InChI=1S/C16H28N2O2/c1-13(2)15-7-5-6-8-16(15)20-12-14(19)11-17-9-10-18(3)4/h5-8,13-14,17,19H,9-12H2,1-4H3/p+2/t14-/m0/s1. The summed E-state index contributed by atoms with van der Waals surface area (Å²) in [5.41, 5.74) is 1.19. The average molecular weight is 282 g/mol. The van der Waals surface area contributed by atoms with Crippen molar-refractivity contribution < 1.29 is 20.1 Å². The van der Waals surface area contributed by atoms with Gasteiger partial charge in [-0.2, -0.15) is 0 Å². The van der Waals surface area contributed by atoms with E-state index in [1.165, 1.54) is 10.5 Å². The molecule has 1 rings (SSSR count). The maximum Gasteiger partial charge on any atom is 0.137 e. The molecule has 1 aromatic rings. The van der Waals surface area contributed by atoms with Gasteiger partial charge in [0.1, 0.15) is 38.1 Å². The van der Waals surface area contributed by atoms with E-state index in [1.807, 2.05) is 18.2 Å². The van der Waals surface area contributed by atoms with Crippen LogP contribution in [-0.2, 0) is 0 Å². The molecule has 0 amide bonds. The third-order valence-corrected chi connectivity index (χ3v) is 3.26. The SMILES string of the molecule is CC(C)c1ccccc1OC[C@@H](O)C[NH2+]CC[NH+](C)C. The second-order valence-electron chi connectivity index (χ2n) is 5.93. The van der Waals surface area contributed by atoms with Gasteiger partial charge < -0.3 is 20.1 Å². The van der Waals surface area contributed by atoms with Gasteiger partial charge >= 0.3 is 0 Å². The summed E-state index contributed by atoms with van der Waals surface area (Å²) in [5, 5.41) is 12.1. The third kappa shape index (κ3) is 6.37. The molecule has 0 aliphatic heterocycles. The van der Waals surface area contributed by atoms with Gasteiger partial charge in [0.05, 0.1) is 14.1 Å². The highest BCUT2D eigenvalue weighted by molar-refractivity contribution is 5.35. The molecule has 0 spiro atoms. The zero-order valence-electron chi connectivity index (χ0n) is 13.2. The lowest BCUT2D eigenvalue weighted by molar-refractivity contribution is -0.874. The van der Waals surface area contributed by atoms with E-state index < -0.39 is 6.10 Å². The Kier molecular flexibility index (Phi) is 7.59. The van der Waals surface area contributed by atoms with Crippen LogP contribution in [0.4, 0.5) is 0 Å². The highest BCUT2D eigenvalue weighted by Crippen LogP contribution is 2.25. The lowest BCUT2D eigenvalue weighted by atomic mass is 10.0. The summed E-state index contributed by atoms with van der Waals surface area (Å²) in [6, 6.07) is 8.05. The van der Waals surface area contributed by atoms with Crippen molar-refractivity contribution in [2.75, 3.05) is 40.3 Å². The average Bonchev–Trinajstić information content (AvgIpc) is 2.41. The second-order valence-corrected chi connectivity index (χ2v) is 5.93. The number of hydrogen-bond acceptors (Lipinski definition) is 2. The number of aliphatic hydroxyl groups excluding tert-OH is 1. The van der Waals surface area contributed by atoms with Crippen molar-refractivity contribution in [2.45, 2.75) is 25.9 Å². The summed E-state index contributed by atoms with van der Waals surface area (Å²) in [7, 11) is 4.27. The van der Waals surface area contributed by atoms with E-state index in [4.69, 9.17) is 4.74 Å². The summed E-state index contributed by atoms with van der Waals surface area (Å²) < 4.78 is 5.76. The van der Waals surface area contributed by atoms with Gasteiger partial charge in [0, 0.05) is 0 Å². The lowest BCUT2D eigenvalue weighted by Crippen LogP contribution is -3.09. The molecule has 0 unspecified atom stereocenters. The molecule has 0 saturated carbocycles. The Bertz CT molecular complexity index is 380. The van der Waals surface area contributed by atoms with Gasteiger partial charge in [0.2, 0.25) is 0 Å². The molecular weight excluding hydrogens is 252 g/mol. The van der Waals surface area contributed by atoms with E-state index in [9.17, 15) is 5.11 Å². The molecule has 0 bridgehead atoms. The predicted octanol–water partition coefficient (Wildman–Crippen LogP) is -0.742. The van der Waals surface area contributed by atoms with E-state index >= 15 is 0 Å². The first-order chi connectivity index (χ1) is 9.50. The molecule has 4 nitrogen and oxygen atoms in total. The number of aliphatic hydroxyl groups is 1. The van der Waals surface area contributed by atoms with Crippen LogP contribution in [0.5, 0.6) is 5.75 Å². The predicted molar refractivity (Wildman–Crippen MR) is 81.4 cm³/mol. The monoisotopic (exact) mass is 282 g/mol. The maximum absolute atomic E-state index is 9.94. The number of ether oxygens (including phenoxy) is 1. The van der Waals surface area contributed by atoms with Crippen LogP contribution in [0.3, 0.4) is 0 Å². The van der Waals surface area contributed by atoms with Crippen molar-refractivity contribution in [2.24, 2.45) is 0 Å². The Hall–Kier alpha value is -1.10. The number of rotatable bonds is 9. The lowest BCUT2D eigenvalue weighted by Gasteiger charge is -2.16. The maximum atomic E-state index is 9.94. The molecule has 4 heteroatoms. The Balaban J connectivity index is 2.32. The van der Waals surface area contributed by atoms with Crippen molar-refractivity contribution in [3.05, 3.63) is 29.8 Å². The van der Waals surface area contributed by atoms with Crippen LogP contribution in [0.1, 0.15) is 25.3 Å². The normalized spacial score (nSPS) is 12.9. The zero-order valence-corrected chi connectivity index (χ0v) is 13.2. The summed E-state index contributed by atoms with van der Waals surface area (Å²) in [6.07, 6.45) is -0.424. The molecule has 0 aromatic heterocycles. The molecule has 4 N–H and O–H groups in total. The van der Waals surface area contributed by atoms with Crippen LogP contribution < -0.4 is 15.0 Å². The number of likely N-dealkylation sites (N-methyl/N-ethyl adjacent to an activating group) is 1. The molecule has 0 aliphatic rings. The van der Waals surface area contributed by atoms with E-state index in [0.717, 1.165) is 18.8 Å². The summed E-state index contributed by atoms with van der Waals surface area (Å²) in [4.78, 5) is 1.43. The Morgan fingerprint density at radius 3 is 2.60 bits per heavy atom. The topological polar surface area (TPSA) is 50.5 Å². The van der Waals surface area contributed by atoms with Crippen LogP contribution in [0, 0.1) is 0 Å². The van der Waals surface area contributed by atoms with Gasteiger partial charge in [-0.1, -0.05) is 32.0 Å². The first kappa shape index (κ1) is 17.0. The minimum Gasteiger partial charge on any atom is -0.490 e. The van der Waals surface area contributed by atoms with Crippen LogP contribution in [0.15, 0.2) is 24.3 Å². The number of nitrogens with two attached hydrogens (primary N) is 1. The molecule has 0 heterocycles. The van der Waals surface area contributed by atoms with Crippen LogP contribution in [0.2, 0.25) is 0 Å². The van der Waals surface area contributed by atoms with E-state index in [0.29, 0.717) is 19.1 Å². The Labute approximate surface area is 122 Å². The third-order valence-electron chi connectivity index (χ3n) is 3.26. The van der Waals surface area contributed by atoms with Crippen LogP contribution >= 0.6 is 0 Å². The quantitative estimate of drug-likeness (QED) is 0.523. The van der Waals surface area contributed by atoms with Gasteiger partial charge in [0.15, 0.2) is 0 Å². The summed E-state index contributed by atoms with van der Waals surface area (Å²) in [5.74, 6) is 1.32. The largest absolute Gasteiger partial charge is 0.490 e. The number of benzene rings is 1. The number of para-hydroxylation sites is 1. The van der Waals surface area contributed by atoms with Crippen molar-refractivity contribution in [3.63, 3.8) is 0 Å². The van der Waals surface area contributed by atoms with Crippen LogP contribution in [0.25, 0.3) is 0 Å². The molecule has 0 aliphatic carbocycles. The zero-order chi connectivity index (χ0) is 15.0. The minimum absolute atomic E-state index is 0.356. The first-order valence-corrected chi connectivity index (χ1v) is 7.51. The molecule has 20 heavy (non-hydrogen) atoms. The molecule has 0 radical (unpaired) electrons. The number of quaternary nitrogens is 2. The van der Waals surface area contributed by atoms with Crippen molar-refractivity contribution in [1.29, 1.82) is 0 Å². The Morgan fingerprint density at radius 1 is 1.25 bits per heavy atom. The highest BCUT2D eigenvalue weighted by atomic mass is 16.5. The van der Waals surface area contributed by atoms with Crippen LogP contribution in [-0.4, -0.2) is 51.5 Å².